The van der Waals surface area contributed by atoms with E-state index in [0.717, 1.165) is 37.3 Å². The Bertz CT molecular complexity index is 590. The third kappa shape index (κ3) is 2.14. The fourth-order valence-corrected chi connectivity index (χ4v) is 2.38. The second-order valence-corrected chi connectivity index (χ2v) is 4.49. The summed E-state index contributed by atoms with van der Waals surface area (Å²) in [5, 5.41) is 18.4. The number of non-ortho nitro benzene ring substituents is 1. The van der Waals surface area contributed by atoms with Crippen LogP contribution in [0.15, 0.2) is 30.9 Å². The van der Waals surface area contributed by atoms with Gasteiger partial charge in [0.15, 0.2) is 0 Å². The first-order chi connectivity index (χ1) is 9.25. The number of anilines is 1. The highest BCUT2D eigenvalue weighted by atomic mass is 16.6. The molecule has 0 aliphatic carbocycles. The van der Waals surface area contributed by atoms with Crippen LogP contribution in [0, 0.1) is 10.1 Å². The topological polar surface area (TPSA) is 77.1 Å². The highest BCUT2D eigenvalue weighted by Gasteiger charge is 2.19. The molecule has 98 valence electrons. The summed E-state index contributed by atoms with van der Waals surface area (Å²) < 4.78 is 1.71. The van der Waals surface area contributed by atoms with Crippen LogP contribution in [-0.4, -0.2) is 32.8 Å². The number of benzene rings is 1. The van der Waals surface area contributed by atoms with E-state index in [1.807, 2.05) is 0 Å². The van der Waals surface area contributed by atoms with Gasteiger partial charge in [0.2, 0.25) is 0 Å². The van der Waals surface area contributed by atoms with E-state index in [-0.39, 0.29) is 10.6 Å². The van der Waals surface area contributed by atoms with Crippen molar-refractivity contribution in [1.82, 2.24) is 14.8 Å². The lowest BCUT2D eigenvalue weighted by Crippen LogP contribution is -2.19. The molecule has 2 heterocycles. The van der Waals surface area contributed by atoms with Crippen LogP contribution < -0.4 is 4.90 Å². The van der Waals surface area contributed by atoms with Crippen molar-refractivity contribution < 1.29 is 4.92 Å². The van der Waals surface area contributed by atoms with Gasteiger partial charge in [0.1, 0.15) is 12.7 Å². The zero-order valence-corrected chi connectivity index (χ0v) is 10.3. The van der Waals surface area contributed by atoms with Gasteiger partial charge in [-0.05, 0) is 18.9 Å². The third-order valence-corrected chi connectivity index (χ3v) is 3.31. The predicted molar refractivity (Wildman–Crippen MR) is 69.5 cm³/mol. The van der Waals surface area contributed by atoms with Crippen LogP contribution in [0.2, 0.25) is 0 Å². The van der Waals surface area contributed by atoms with Gasteiger partial charge in [-0.3, -0.25) is 14.7 Å². The number of hydrogen-bond acceptors (Lipinski definition) is 5. The molecule has 0 unspecified atom stereocenters. The highest BCUT2D eigenvalue weighted by Crippen LogP contribution is 2.30. The van der Waals surface area contributed by atoms with Crippen LogP contribution in [0.4, 0.5) is 11.4 Å². The molecule has 7 heteroatoms. The molecule has 3 rings (SSSR count). The molecule has 1 saturated heterocycles. The first kappa shape index (κ1) is 11.6. The smallest absolute Gasteiger partial charge is 0.271 e. The van der Waals surface area contributed by atoms with Crippen LogP contribution in [0.1, 0.15) is 12.8 Å². The van der Waals surface area contributed by atoms with Gasteiger partial charge in [-0.15, -0.1) is 10.2 Å². The van der Waals surface area contributed by atoms with Gasteiger partial charge in [-0.2, -0.15) is 0 Å². The number of rotatable bonds is 3. The number of aromatic nitrogens is 3. The predicted octanol–water partition coefficient (Wildman–Crippen LogP) is 1.78. The zero-order chi connectivity index (χ0) is 13.2. The Morgan fingerprint density at radius 3 is 2.42 bits per heavy atom. The van der Waals surface area contributed by atoms with Gasteiger partial charge in [0.05, 0.1) is 16.3 Å². The molecule has 0 amide bonds. The minimum Gasteiger partial charge on any atom is -0.370 e. The van der Waals surface area contributed by atoms with E-state index in [1.54, 1.807) is 35.4 Å². The van der Waals surface area contributed by atoms with Gasteiger partial charge < -0.3 is 4.90 Å². The summed E-state index contributed by atoms with van der Waals surface area (Å²) in [6.45, 7) is 1.96. The average Bonchev–Trinajstić information content (AvgIpc) is 3.11. The Hall–Kier alpha value is -2.44. The second kappa shape index (κ2) is 4.68. The summed E-state index contributed by atoms with van der Waals surface area (Å²) in [6, 6.07) is 4.91. The van der Waals surface area contributed by atoms with Crippen LogP contribution in [0.5, 0.6) is 0 Å². The summed E-state index contributed by atoms with van der Waals surface area (Å²) in [5.41, 5.74) is 1.82. The Balaban J connectivity index is 2.10. The van der Waals surface area contributed by atoms with E-state index in [1.165, 1.54) is 0 Å². The summed E-state index contributed by atoms with van der Waals surface area (Å²) in [4.78, 5) is 12.8. The summed E-state index contributed by atoms with van der Waals surface area (Å²) in [7, 11) is 0. The van der Waals surface area contributed by atoms with E-state index < -0.39 is 0 Å². The molecular formula is C12H13N5O2. The maximum absolute atomic E-state index is 10.9. The maximum Gasteiger partial charge on any atom is 0.271 e. The first-order valence-corrected chi connectivity index (χ1v) is 6.14. The summed E-state index contributed by atoms with van der Waals surface area (Å²) in [6.07, 6.45) is 5.41. The maximum atomic E-state index is 10.9. The van der Waals surface area contributed by atoms with E-state index in [0.29, 0.717) is 0 Å². The number of nitro benzene ring substituents is 1. The molecule has 1 aliphatic heterocycles. The van der Waals surface area contributed by atoms with E-state index in [4.69, 9.17) is 0 Å². The Kier molecular flexibility index (Phi) is 2.86. The van der Waals surface area contributed by atoms with Crippen LogP contribution >= 0.6 is 0 Å². The second-order valence-electron chi connectivity index (χ2n) is 4.49. The van der Waals surface area contributed by atoms with Gasteiger partial charge in [-0.1, -0.05) is 0 Å². The molecule has 1 aliphatic rings. The van der Waals surface area contributed by atoms with Crippen LogP contribution in [0.3, 0.4) is 0 Å². The Labute approximate surface area is 109 Å². The fraction of sp³-hybridized carbons (Fsp3) is 0.333. The quantitative estimate of drug-likeness (QED) is 0.620. The lowest BCUT2D eigenvalue weighted by atomic mass is 10.2. The average molecular weight is 259 g/mol. The fourth-order valence-electron chi connectivity index (χ4n) is 2.38. The van der Waals surface area contributed by atoms with Crippen molar-refractivity contribution in [2.75, 3.05) is 18.0 Å². The lowest BCUT2D eigenvalue weighted by molar-refractivity contribution is -0.384. The van der Waals surface area contributed by atoms with Crippen molar-refractivity contribution in [3.05, 3.63) is 41.0 Å². The summed E-state index contributed by atoms with van der Waals surface area (Å²) in [5.74, 6) is 0. The normalized spacial score (nSPS) is 14.8. The van der Waals surface area contributed by atoms with Crippen molar-refractivity contribution >= 4 is 11.4 Å². The number of nitro groups is 1. The van der Waals surface area contributed by atoms with Gasteiger partial charge in [0, 0.05) is 25.2 Å². The molecule has 1 aromatic heterocycles. The molecule has 19 heavy (non-hydrogen) atoms. The standard InChI is InChI=1S/C12H13N5O2/c18-17(19)10-3-4-11(15-5-1-2-6-15)12(7-10)16-8-13-14-9-16/h3-4,7-9H,1-2,5-6H2. The lowest BCUT2D eigenvalue weighted by Gasteiger charge is -2.21. The molecule has 0 bridgehead atoms. The van der Waals surface area contributed by atoms with E-state index >= 15 is 0 Å². The molecular weight excluding hydrogens is 246 g/mol. The molecule has 1 fully saturated rings. The van der Waals surface area contributed by atoms with Crippen molar-refractivity contribution in [3.8, 4) is 5.69 Å². The van der Waals surface area contributed by atoms with Gasteiger partial charge in [0.25, 0.3) is 5.69 Å². The summed E-state index contributed by atoms with van der Waals surface area (Å²) >= 11 is 0. The van der Waals surface area contributed by atoms with Gasteiger partial charge >= 0.3 is 0 Å². The SMILES string of the molecule is O=[N+]([O-])c1ccc(N2CCCC2)c(-n2cnnc2)c1. The highest BCUT2D eigenvalue weighted by molar-refractivity contribution is 5.66. The van der Waals surface area contributed by atoms with Crippen molar-refractivity contribution in [2.24, 2.45) is 0 Å². The Morgan fingerprint density at radius 2 is 1.79 bits per heavy atom. The molecule has 7 nitrogen and oxygen atoms in total. The molecule has 1 aromatic carbocycles. The first-order valence-electron chi connectivity index (χ1n) is 6.14. The van der Waals surface area contributed by atoms with Gasteiger partial charge in [-0.25, -0.2) is 0 Å². The number of hydrogen-bond donors (Lipinski definition) is 0. The third-order valence-electron chi connectivity index (χ3n) is 3.31. The largest absolute Gasteiger partial charge is 0.370 e. The molecule has 0 spiro atoms. The molecule has 0 atom stereocenters. The van der Waals surface area contributed by atoms with Crippen molar-refractivity contribution in [1.29, 1.82) is 0 Å². The van der Waals surface area contributed by atoms with Crippen molar-refractivity contribution in [3.63, 3.8) is 0 Å². The monoisotopic (exact) mass is 259 g/mol. The van der Waals surface area contributed by atoms with Crippen molar-refractivity contribution in [2.45, 2.75) is 12.8 Å². The molecule has 0 N–H and O–H groups in total. The van der Waals surface area contributed by atoms with Crippen LogP contribution in [-0.2, 0) is 0 Å². The molecule has 0 saturated carbocycles. The minimum absolute atomic E-state index is 0.0756. The van der Waals surface area contributed by atoms with Crippen LogP contribution in [0.25, 0.3) is 5.69 Å². The van der Waals surface area contributed by atoms with E-state index in [9.17, 15) is 10.1 Å². The molecule has 2 aromatic rings. The Morgan fingerprint density at radius 1 is 1.11 bits per heavy atom. The number of nitrogens with zero attached hydrogens (tertiary/aromatic N) is 5. The molecule has 0 radical (unpaired) electrons. The van der Waals surface area contributed by atoms with E-state index in [2.05, 4.69) is 15.1 Å². The zero-order valence-electron chi connectivity index (χ0n) is 10.3. The minimum atomic E-state index is -0.387.